The number of amides is 1. The van der Waals surface area contributed by atoms with Gasteiger partial charge in [-0.15, -0.1) is 5.10 Å². The van der Waals surface area contributed by atoms with Crippen LogP contribution in [0, 0.1) is 6.92 Å². The Labute approximate surface area is 180 Å². The minimum Gasteiger partial charge on any atom is -0.401 e. The summed E-state index contributed by atoms with van der Waals surface area (Å²) in [5.41, 5.74) is 1.59. The number of nitrogens with zero attached hydrogens (tertiary/aromatic N) is 5. The van der Waals surface area contributed by atoms with Gasteiger partial charge in [-0.2, -0.15) is 9.40 Å². The number of aromatic nitrogens is 4. The van der Waals surface area contributed by atoms with Crippen molar-refractivity contribution < 1.29 is 17.6 Å². The summed E-state index contributed by atoms with van der Waals surface area (Å²) in [6.45, 7) is 6.10. The molecule has 0 aliphatic carbocycles. The topological polar surface area (TPSA) is 123 Å². The molecule has 1 saturated heterocycles. The highest BCUT2D eigenvalue weighted by Crippen LogP contribution is 2.28. The van der Waals surface area contributed by atoms with Crippen LogP contribution in [-0.4, -0.2) is 51.2 Å². The molecule has 1 amide bonds. The smallest absolute Gasteiger partial charge is 0.322 e. The number of carbonyl (C=O) groups excluding carboxylic acids is 1. The molecule has 1 unspecified atom stereocenters. The molecule has 164 valence electrons. The maximum absolute atomic E-state index is 13.1. The zero-order valence-electron chi connectivity index (χ0n) is 17.5. The average molecular weight is 445 g/mol. The minimum absolute atomic E-state index is 0.0870. The highest BCUT2D eigenvalue weighted by molar-refractivity contribution is 7.89. The number of aryl methyl sites for hydroxylation is 1. The van der Waals surface area contributed by atoms with E-state index in [4.69, 9.17) is 4.42 Å². The van der Waals surface area contributed by atoms with E-state index in [-0.39, 0.29) is 29.4 Å². The Kier molecular flexibility index (Phi) is 5.63. The van der Waals surface area contributed by atoms with E-state index >= 15 is 0 Å². The lowest BCUT2D eigenvalue weighted by atomic mass is 10.2. The number of benzene rings is 1. The van der Waals surface area contributed by atoms with Gasteiger partial charge in [0.05, 0.1) is 4.90 Å². The summed E-state index contributed by atoms with van der Waals surface area (Å²) in [7, 11) is -3.79. The van der Waals surface area contributed by atoms with Gasteiger partial charge in [0.1, 0.15) is 11.7 Å². The van der Waals surface area contributed by atoms with E-state index < -0.39 is 22.0 Å². The first kappa shape index (κ1) is 21.2. The van der Waals surface area contributed by atoms with Crippen LogP contribution in [0.3, 0.4) is 0 Å². The zero-order chi connectivity index (χ0) is 22.2. The van der Waals surface area contributed by atoms with Crippen molar-refractivity contribution in [2.24, 2.45) is 0 Å². The molecule has 1 fully saturated rings. The standard InChI is InChI=1S/C20H24N6O4S/c1-13(2)26-17(10-11-21-26)19-23-24-20(30-19)22-18(27)16-5-4-12-25(16)31(28,29)15-8-6-14(3)7-9-15/h6-11,13,16H,4-5,12H2,1-3H3,(H,22,24,27). The fraction of sp³-hybridized carbons (Fsp3) is 0.400. The quantitative estimate of drug-likeness (QED) is 0.620. The molecule has 3 heterocycles. The lowest BCUT2D eigenvalue weighted by molar-refractivity contribution is -0.119. The van der Waals surface area contributed by atoms with Crippen molar-refractivity contribution in [2.45, 2.75) is 50.6 Å². The van der Waals surface area contributed by atoms with Gasteiger partial charge in [-0.1, -0.05) is 22.8 Å². The number of anilines is 1. The lowest BCUT2D eigenvalue weighted by Crippen LogP contribution is -2.43. The Morgan fingerprint density at radius 1 is 1.19 bits per heavy atom. The molecule has 1 atom stereocenters. The van der Waals surface area contributed by atoms with Crippen LogP contribution in [-0.2, 0) is 14.8 Å². The van der Waals surface area contributed by atoms with Gasteiger partial charge in [0.15, 0.2) is 0 Å². The largest absolute Gasteiger partial charge is 0.401 e. The molecule has 0 bridgehead atoms. The van der Waals surface area contributed by atoms with Crippen molar-refractivity contribution in [3.8, 4) is 11.6 Å². The molecule has 3 aromatic rings. The third-order valence-electron chi connectivity index (χ3n) is 5.17. The molecule has 1 N–H and O–H groups in total. The molecule has 4 rings (SSSR count). The SMILES string of the molecule is Cc1ccc(S(=O)(=O)N2CCCC2C(=O)Nc2nnc(-c3ccnn3C(C)C)o2)cc1. The second-order valence-electron chi connectivity index (χ2n) is 7.74. The minimum atomic E-state index is -3.79. The van der Waals surface area contributed by atoms with Gasteiger partial charge in [-0.05, 0) is 51.8 Å². The van der Waals surface area contributed by atoms with E-state index in [1.165, 1.54) is 4.31 Å². The Bertz CT molecular complexity index is 1180. The van der Waals surface area contributed by atoms with Gasteiger partial charge in [-0.25, -0.2) is 8.42 Å². The molecular weight excluding hydrogens is 420 g/mol. The Balaban J connectivity index is 1.51. The highest BCUT2D eigenvalue weighted by Gasteiger charge is 2.40. The number of hydrogen-bond donors (Lipinski definition) is 1. The van der Waals surface area contributed by atoms with E-state index in [1.807, 2.05) is 20.8 Å². The van der Waals surface area contributed by atoms with Crippen LogP contribution in [0.1, 0.15) is 38.3 Å². The van der Waals surface area contributed by atoms with Crippen molar-refractivity contribution in [1.29, 1.82) is 0 Å². The molecule has 2 aromatic heterocycles. The molecule has 0 radical (unpaired) electrons. The van der Waals surface area contributed by atoms with Gasteiger partial charge in [-0.3, -0.25) is 14.8 Å². The summed E-state index contributed by atoms with van der Waals surface area (Å²) in [6, 6.07) is 7.49. The van der Waals surface area contributed by atoms with Crippen molar-refractivity contribution in [1.82, 2.24) is 24.3 Å². The van der Waals surface area contributed by atoms with E-state index in [2.05, 4.69) is 20.6 Å². The van der Waals surface area contributed by atoms with Gasteiger partial charge < -0.3 is 4.42 Å². The Hall–Kier alpha value is -3.05. The number of carbonyl (C=O) groups is 1. The summed E-state index contributed by atoms with van der Waals surface area (Å²) in [4.78, 5) is 13.0. The van der Waals surface area contributed by atoms with Crippen LogP contribution in [0.15, 0.2) is 45.8 Å². The number of hydrogen-bond acceptors (Lipinski definition) is 7. The van der Waals surface area contributed by atoms with E-state index in [1.54, 1.807) is 41.2 Å². The third kappa shape index (κ3) is 4.10. The van der Waals surface area contributed by atoms with E-state index in [0.717, 1.165) is 5.56 Å². The normalized spacial score (nSPS) is 17.4. The maximum atomic E-state index is 13.1. The van der Waals surface area contributed by atoms with E-state index in [0.29, 0.717) is 18.5 Å². The van der Waals surface area contributed by atoms with Crippen molar-refractivity contribution in [3.63, 3.8) is 0 Å². The monoisotopic (exact) mass is 444 g/mol. The fourth-order valence-corrected chi connectivity index (χ4v) is 5.25. The molecule has 11 heteroatoms. The van der Waals surface area contributed by atoms with Crippen molar-refractivity contribution in [2.75, 3.05) is 11.9 Å². The number of sulfonamides is 1. The third-order valence-corrected chi connectivity index (χ3v) is 7.09. The van der Waals surface area contributed by atoms with Crippen LogP contribution in [0.4, 0.5) is 6.01 Å². The summed E-state index contributed by atoms with van der Waals surface area (Å²) in [5, 5.41) is 14.6. The summed E-state index contributed by atoms with van der Waals surface area (Å²) < 4.78 is 34.7. The Morgan fingerprint density at radius 2 is 1.94 bits per heavy atom. The van der Waals surface area contributed by atoms with Gasteiger partial charge in [0.25, 0.3) is 5.89 Å². The van der Waals surface area contributed by atoms with Crippen molar-refractivity contribution >= 4 is 21.9 Å². The van der Waals surface area contributed by atoms with Crippen molar-refractivity contribution in [3.05, 3.63) is 42.1 Å². The summed E-state index contributed by atoms with van der Waals surface area (Å²) in [6.07, 6.45) is 2.63. The molecule has 0 spiro atoms. The molecule has 0 saturated carbocycles. The van der Waals surface area contributed by atoms with Crippen LogP contribution in [0.5, 0.6) is 0 Å². The van der Waals surface area contributed by atoms with Gasteiger partial charge in [0.2, 0.25) is 15.9 Å². The number of rotatable bonds is 6. The predicted octanol–water partition coefficient (Wildman–Crippen LogP) is 2.61. The van der Waals surface area contributed by atoms with Gasteiger partial charge in [0, 0.05) is 18.8 Å². The van der Waals surface area contributed by atoms with Crippen LogP contribution in [0.25, 0.3) is 11.6 Å². The number of nitrogens with one attached hydrogen (secondary N) is 1. The first-order chi connectivity index (χ1) is 14.8. The second kappa shape index (κ2) is 8.23. The molecule has 1 aliphatic rings. The summed E-state index contributed by atoms with van der Waals surface area (Å²) in [5.74, 6) is -0.280. The predicted molar refractivity (Wildman–Crippen MR) is 113 cm³/mol. The highest BCUT2D eigenvalue weighted by atomic mass is 32.2. The molecule has 10 nitrogen and oxygen atoms in total. The van der Waals surface area contributed by atoms with Crippen LogP contribution in [0.2, 0.25) is 0 Å². The molecule has 1 aliphatic heterocycles. The maximum Gasteiger partial charge on any atom is 0.322 e. The molecule has 1 aromatic carbocycles. The zero-order valence-corrected chi connectivity index (χ0v) is 18.3. The van der Waals surface area contributed by atoms with Gasteiger partial charge >= 0.3 is 6.01 Å². The first-order valence-corrected chi connectivity index (χ1v) is 11.5. The van der Waals surface area contributed by atoms with Crippen LogP contribution >= 0.6 is 0 Å². The summed E-state index contributed by atoms with van der Waals surface area (Å²) >= 11 is 0. The fourth-order valence-electron chi connectivity index (χ4n) is 3.60. The Morgan fingerprint density at radius 3 is 2.65 bits per heavy atom. The lowest BCUT2D eigenvalue weighted by Gasteiger charge is -2.22. The molecular formula is C20H24N6O4S. The second-order valence-corrected chi connectivity index (χ2v) is 9.63. The van der Waals surface area contributed by atoms with Crippen LogP contribution < -0.4 is 5.32 Å². The first-order valence-electron chi connectivity index (χ1n) is 10.0. The average Bonchev–Trinajstić information content (AvgIpc) is 3.47. The van der Waals surface area contributed by atoms with E-state index in [9.17, 15) is 13.2 Å². The molecule has 31 heavy (non-hydrogen) atoms.